The molecule has 1 saturated heterocycles. The average Bonchev–Trinajstić information content (AvgIpc) is 3.56. The lowest BCUT2D eigenvalue weighted by Gasteiger charge is -2.23. The van der Waals surface area contributed by atoms with Crippen LogP contribution in [-0.2, 0) is 0 Å². The zero-order valence-electron chi connectivity index (χ0n) is 20.8. The zero-order valence-corrected chi connectivity index (χ0v) is 21.6. The molecule has 1 aromatic carbocycles. The second-order valence-electron chi connectivity index (χ2n) is 9.20. The first-order chi connectivity index (χ1) is 18.3. The maximum absolute atomic E-state index is 14.3. The number of aromatic nitrogens is 4. The lowest BCUT2D eigenvalue weighted by atomic mass is 10.0. The number of nitrogens with zero attached hydrogens (tertiary/aromatic N) is 5. The van der Waals surface area contributed by atoms with Gasteiger partial charge in [-0.25, -0.2) is 13.8 Å². The van der Waals surface area contributed by atoms with Crippen molar-refractivity contribution in [3.05, 3.63) is 92.5 Å². The molecule has 0 spiro atoms. The maximum Gasteiger partial charge on any atom is 0.271 e. The molecule has 1 N–H and O–H groups in total. The molecule has 38 heavy (non-hydrogen) atoms. The summed E-state index contributed by atoms with van der Waals surface area (Å²) in [6.07, 6.45) is 1.83. The number of halogens is 2. The molecule has 1 aliphatic heterocycles. The van der Waals surface area contributed by atoms with Crippen LogP contribution >= 0.6 is 11.3 Å². The highest BCUT2D eigenvalue weighted by molar-refractivity contribution is 7.13. The van der Waals surface area contributed by atoms with Crippen molar-refractivity contribution in [2.75, 3.05) is 13.1 Å². The monoisotopic (exact) mass is 537 g/mol. The van der Waals surface area contributed by atoms with Gasteiger partial charge in [0.25, 0.3) is 11.5 Å². The third-order valence-corrected chi connectivity index (χ3v) is 7.66. The first kappa shape index (κ1) is 25.7. The molecule has 8 nitrogen and oxygen atoms in total. The molecule has 196 valence electrons. The van der Waals surface area contributed by atoms with E-state index in [4.69, 9.17) is 0 Å². The van der Waals surface area contributed by atoms with Gasteiger partial charge in [0, 0.05) is 36.1 Å². The molecule has 4 aromatic rings. The minimum Gasteiger partial charge on any atom is -0.493 e. The summed E-state index contributed by atoms with van der Waals surface area (Å²) < 4.78 is 29.1. The fraction of sp³-hybridized carbons (Fsp3) is 0.296. The van der Waals surface area contributed by atoms with E-state index in [0.29, 0.717) is 17.8 Å². The van der Waals surface area contributed by atoms with Crippen LogP contribution in [0, 0.1) is 18.6 Å². The Morgan fingerprint density at radius 1 is 1.24 bits per heavy atom. The summed E-state index contributed by atoms with van der Waals surface area (Å²) in [4.78, 5) is 41.6. The largest absolute Gasteiger partial charge is 0.493 e. The summed E-state index contributed by atoms with van der Waals surface area (Å²) in [5, 5.41) is 13.1. The minimum absolute atomic E-state index is 0.0612. The molecule has 4 heterocycles. The Morgan fingerprint density at radius 3 is 2.66 bits per heavy atom. The number of likely N-dealkylation sites (tertiary alicyclic amines) is 1. The van der Waals surface area contributed by atoms with Gasteiger partial charge in [0.2, 0.25) is 5.88 Å². The van der Waals surface area contributed by atoms with Crippen LogP contribution < -0.4 is 5.56 Å². The standard InChI is InChI=1S/C27H25F2N5O3S/c1-3-20(16-7-5-4-6-8-16)34-23(25-31-15(2)14-38-25)32-24(35)21(27(34)37)26(36)33-10-9-17(13-33)22-19(29)11-18(28)12-30-22/h4-8,11-12,14,17,20,35H,3,9-10,13H2,1-2H3/t17?,20-/m0/s1. The van der Waals surface area contributed by atoms with E-state index in [9.17, 15) is 23.5 Å². The van der Waals surface area contributed by atoms with Crippen molar-refractivity contribution in [2.45, 2.75) is 38.6 Å². The van der Waals surface area contributed by atoms with Crippen LogP contribution in [0.5, 0.6) is 5.88 Å². The number of aromatic hydroxyl groups is 1. The lowest BCUT2D eigenvalue weighted by Crippen LogP contribution is -2.38. The van der Waals surface area contributed by atoms with Crippen molar-refractivity contribution >= 4 is 17.2 Å². The quantitative estimate of drug-likeness (QED) is 0.383. The Kier molecular flexibility index (Phi) is 7.02. The second kappa shape index (κ2) is 10.4. The maximum atomic E-state index is 14.3. The van der Waals surface area contributed by atoms with Crippen LogP contribution in [-0.4, -0.2) is 48.5 Å². The second-order valence-corrected chi connectivity index (χ2v) is 10.1. The van der Waals surface area contributed by atoms with Crippen molar-refractivity contribution in [3.63, 3.8) is 0 Å². The predicted octanol–water partition coefficient (Wildman–Crippen LogP) is 4.68. The Labute approximate surface area is 221 Å². The van der Waals surface area contributed by atoms with Gasteiger partial charge >= 0.3 is 0 Å². The van der Waals surface area contributed by atoms with Crippen LogP contribution in [0.2, 0.25) is 0 Å². The zero-order chi connectivity index (χ0) is 27.0. The SMILES string of the molecule is CC[C@@H](c1ccccc1)n1c(-c2nc(C)cs2)nc(O)c(C(=O)N2CCC(c3ncc(F)cc3F)C2)c1=O. The molecule has 0 bridgehead atoms. The van der Waals surface area contributed by atoms with Crippen molar-refractivity contribution in [3.8, 4) is 16.7 Å². The first-order valence-corrected chi connectivity index (χ1v) is 13.1. The summed E-state index contributed by atoms with van der Waals surface area (Å²) in [7, 11) is 0. The number of thiazole rings is 1. The molecule has 11 heteroatoms. The van der Waals surface area contributed by atoms with Crippen LogP contribution in [0.3, 0.4) is 0 Å². The van der Waals surface area contributed by atoms with Gasteiger partial charge in [-0.1, -0.05) is 37.3 Å². The molecule has 0 saturated carbocycles. The Morgan fingerprint density at radius 2 is 2.00 bits per heavy atom. The molecule has 1 unspecified atom stereocenters. The number of rotatable bonds is 6. The Hall–Kier alpha value is -3.99. The number of hydrogen-bond acceptors (Lipinski definition) is 7. The topological polar surface area (TPSA) is 101 Å². The summed E-state index contributed by atoms with van der Waals surface area (Å²) in [5.41, 5.74) is 0.505. The first-order valence-electron chi connectivity index (χ1n) is 12.2. The predicted molar refractivity (Wildman–Crippen MR) is 138 cm³/mol. The van der Waals surface area contributed by atoms with Gasteiger partial charge in [0.05, 0.1) is 17.9 Å². The van der Waals surface area contributed by atoms with Crippen molar-refractivity contribution in [1.82, 2.24) is 24.4 Å². The van der Waals surface area contributed by atoms with Crippen molar-refractivity contribution < 1.29 is 18.7 Å². The summed E-state index contributed by atoms with van der Waals surface area (Å²) in [6.45, 7) is 4.02. The molecule has 2 atom stereocenters. The van der Waals surface area contributed by atoms with Gasteiger partial charge in [-0.15, -0.1) is 11.3 Å². The van der Waals surface area contributed by atoms with E-state index in [1.165, 1.54) is 20.8 Å². The van der Waals surface area contributed by atoms with Crippen LogP contribution in [0.4, 0.5) is 8.78 Å². The molecule has 0 aliphatic carbocycles. The molecule has 3 aromatic heterocycles. The molecular weight excluding hydrogens is 512 g/mol. The van der Waals surface area contributed by atoms with E-state index < -0.39 is 46.5 Å². The third kappa shape index (κ3) is 4.69. The minimum atomic E-state index is -0.784. The number of amides is 1. The van der Waals surface area contributed by atoms with Crippen molar-refractivity contribution in [1.29, 1.82) is 0 Å². The average molecular weight is 538 g/mol. The normalized spacial score (nSPS) is 16.1. The fourth-order valence-electron chi connectivity index (χ4n) is 4.90. The number of aryl methyl sites for hydroxylation is 1. The number of benzene rings is 1. The van der Waals surface area contributed by atoms with E-state index in [0.717, 1.165) is 23.5 Å². The van der Waals surface area contributed by atoms with Gasteiger partial charge in [0.15, 0.2) is 16.4 Å². The number of carbonyl (C=O) groups excluding carboxylic acids is 1. The highest BCUT2D eigenvalue weighted by atomic mass is 32.1. The number of pyridine rings is 1. The summed E-state index contributed by atoms with van der Waals surface area (Å²) in [5.74, 6) is -3.25. The van der Waals surface area contributed by atoms with Gasteiger partial charge in [-0.2, -0.15) is 4.98 Å². The van der Waals surface area contributed by atoms with Crippen LogP contribution in [0.25, 0.3) is 10.8 Å². The lowest BCUT2D eigenvalue weighted by molar-refractivity contribution is 0.0783. The van der Waals surface area contributed by atoms with Gasteiger partial charge in [0.1, 0.15) is 11.6 Å². The fourth-order valence-corrected chi connectivity index (χ4v) is 5.68. The van der Waals surface area contributed by atoms with E-state index in [1.807, 2.05) is 49.6 Å². The van der Waals surface area contributed by atoms with E-state index in [1.54, 1.807) is 0 Å². The molecule has 1 aliphatic rings. The molecule has 0 radical (unpaired) electrons. The number of carbonyl (C=O) groups is 1. The molecular formula is C27H25F2N5O3S. The highest BCUT2D eigenvalue weighted by Gasteiger charge is 2.35. The van der Waals surface area contributed by atoms with E-state index in [2.05, 4.69) is 15.0 Å². The Balaban J connectivity index is 1.57. The summed E-state index contributed by atoms with van der Waals surface area (Å²) in [6, 6.07) is 9.67. The Bertz CT molecular complexity index is 1560. The highest BCUT2D eigenvalue weighted by Crippen LogP contribution is 2.32. The third-order valence-electron chi connectivity index (χ3n) is 6.70. The van der Waals surface area contributed by atoms with Gasteiger partial charge < -0.3 is 10.0 Å². The van der Waals surface area contributed by atoms with Gasteiger partial charge in [-0.05, 0) is 25.3 Å². The molecule has 1 amide bonds. The van der Waals surface area contributed by atoms with Gasteiger partial charge in [-0.3, -0.25) is 19.1 Å². The smallest absolute Gasteiger partial charge is 0.271 e. The molecule has 1 fully saturated rings. The van der Waals surface area contributed by atoms with Crippen LogP contribution in [0.15, 0.2) is 52.8 Å². The van der Waals surface area contributed by atoms with E-state index >= 15 is 0 Å². The van der Waals surface area contributed by atoms with E-state index in [-0.39, 0.29) is 24.6 Å². The number of hydrogen-bond donors (Lipinski definition) is 1. The van der Waals surface area contributed by atoms with Crippen LogP contribution in [0.1, 0.15) is 59.0 Å². The molecule has 5 rings (SSSR count). The summed E-state index contributed by atoms with van der Waals surface area (Å²) >= 11 is 1.29. The van der Waals surface area contributed by atoms with Crippen molar-refractivity contribution in [2.24, 2.45) is 0 Å².